The van der Waals surface area contributed by atoms with E-state index in [4.69, 9.17) is 5.73 Å². The fraction of sp³-hybridized carbons (Fsp3) is 0.533. The fourth-order valence-electron chi connectivity index (χ4n) is 1.67. The molecule has 0 aromatic heterocycles. The maximum atomic E-state index is 11.7. The number of hydrogen-bond acceptors (Lipinski definition) is 3. The largest absolute Gasteiger partial charge is 0.330 e. The second-order valence-corrected chi connectivity index (χ2v) is 7.53. The third-order valence-corrected chi connectivity index (χ3v) is 3.61. The first kappa shape index (κ1) is 19.3. The molecule has 0 radical (unpaired) electrons. The van der Waals surface area contributed by atoms with Crippen LogP contribution >= 0.6 is 24.2 Å². The summed E-state index contributed by atoms with van der Waals surface area (Å²) in [5.74, 6) is 0.0322. The van der Waals surface area contributed by atoms with Crippen LogP contribution in [0.4, 0.5) is 5.69 Å². The quantitative estimate of drug-likeness (QED) is 0.808. The summed E-state index contributed by atoms with van der Waals surface area (Å²) in [6, 6.07) is 6.15. The molecule has 0 heterocycles. The minimum atomic E-state index is 0. The summed E-state index contributed by atoms with van der Waals surface area (Å²) >= 11 is 1.83. The Hall–Kier alpha value is -0.710. The van der Waals surface area contributed by atoms with Crippen LogP contribution in [0.15, 0.2) is 23.1 Å². The van der Waals surface area contributed by atoms with Gasteiger partial charge in [-0.05, 0) is 43.7 Å². The second-order valence-electron chi connectivity index (χ2n) is 5.63. The van der Waals surface area contributed by atoms with E-state index in [-0.39, 0.29) is 23.1 Å². The molecule has 0 aliphatic heterocycles. The minimum absolute atomic E-state index is 0. The zero-order chi connectivity index (χ0) is 14.5. The molecule has 114 valence electrons. The molecule has 3 N–H and O–H groups in total. The van der Waals surface area contributed by atoms with Crippen molar-refractivity contribution in [3.05, 3.63) is 23.8 Å². The van der Waals surface area contributed by atoms with E-state index in [1.807, 2.05) is 24.8 Å². The molecule has 0 aliphatic rings. The number of benzene rings is 1. The third-order valence-electron chi connectivity index (χ3n) is 2.50. The van der Waals surface area contributed by atoms with E-state index in [0.29, 0.717) is 13.0 Å². The molecule has 1 amide bonds. The number of anilines is 1. The van der Waals surface area contributed by atoms with Crippen molar-refractivity contribution in [1.29, 1.82) is 0 Å². The highest BCUT2D eigenvalue weighted by molar-refractivity contribution is 8.00. The first-order chi connectivity index (χ1) is 8.81. The Labute approximate surface area is 132 Å². The molecule has 0 bridgehead atoms. The van der Waals surface area contributed by atoms with Gasteiger partial charge >= 0.3 is 0 Å². The van der Waals surface area contributed by atoms with Gasteiger partial charge in [0.1, 0.15) is 0 Å². The predicted molar refractivity (Wildman–Crippen MR) is 91.0 cm³/mol. The Kier molecular flexibility index (Phi) is 8.25. The lowest BCUT2D eigenvalue weighted by molar-refractivity contribution is -0.116. The Bertz CT molecular complexity index is 444. The summed E-state index contributed by atoms with van der Waals surface area (Å²) < 4.78 is 0.193. The standard InChI is InChI=1S/C15H24N2OS.ClH/c1-11-10-12(19-15(2,3)4)7-8-13(11)17-14(18)6-5-9-16;/h7-8,10H,5-6,9,16H2,1-4H3,(H,17,18);1H. The van der Waals surface area contributed by atoms with Crippen LogP contribution in [0.3, 0.4) is 0 Å². The van der Waals surface area contributed by atoms with E-state index in [2.05, 4.69) is 38.2 Å². The van der Waals surface area contributed by atoms with Gasteiger partial charge in [0.15, 0.2) is 0 Å². The van der Waals surface area contributed by atoms with Gasteiger partial charge in [0, 0.05) is 21.8 Å². The van der Waals surface area contributed by atoms with Gasteiger partial charge < -0.3 is 11.1 Å². The lowest BCUT2D eigenvalue weighted by Crippen LogP contribution is -2.14. The molecule has 0 saturated heterocycles. The van der Waals surface area contributed by atoms with Crippen molar-refractivity contribution in [1.82, 2.24) is 0 Å². The molecule has 0 unspecified atom stereocenters. The van der Waals surface area contributed by atoms with Gasteiger partial charge in [-0.25, -0.2) is 0 Å². The summed E-state index contributed by atoms with van der Waals surface area (Å²) in [6.45, 7) is 9.14. The molecule has 0 saturated carbocycles. The first-order valence-corrected chi connectivity index (χ1v) is 7.43. The highest BCUT2D eigenvalue weighted by Crippen LogP contribution is 2.33. The van der Waals surface area contributed by atoms with Crippen LogP contribution < -0.4 is 11.1 Å². The predicted octanol–water partition coefficient (Wildman–Crippen LogP) is 3.98. The molecule has 0 atom stereocenters. The number of halogens is 1. The fourth-order valence-corrected chi connectivity index (χ4v) is 2.75. The number of rotatable bonds is 5. The number of aryl methyl sites for hydroxylation is 1. The Balaban J connectivity index is 0.00000361. The smallest absolute Gasteiger partial charge is 0.224 e. The average molecular weight is 317 g/mol. The monoisotopic (exact) mass is 316 g/mol. The number of carbonyl (C=O) groups is 1. The lowest BCUT2D eigenvalue weighted by Gasteiger charge is -2.18. The van der Waals surface area contributed by atoms with Crippen molar-refractivity contribution in [2.75, 3.05) is 11.9 Å². The summed E-state index contributed by atoms with van der Waals surface area (Å²) in [4.78, 5) is 12.9. The SMILES string of the molecule is Cc1cc(SC(C)(C)C)ccc1NC(=O)CCCN.Cl. The second kappa shape index (κ2) is 8.55. The van der Waals surface area contributed by atoms with Gasteiger partial charge in [0.05, 0.1) is 0 Å². The van der Waals surface area contributed by atoms with Gasteiger partial charge in [-0.3, -0.25) is 4.79 Å². The van der Waals surface area contributed by atoms with Gasteiger partial charge in [-0.2, -0.15) is 0 Å². The van der Waals surface area contributed by atoms with E-state index >= 15 is 0 Å². The van der Waals surface area contributed by atoms with Crippen LogP contribution in [0, 0.1) is 6.92 Å². The zero-order valence-corrected chi connectivity index (χ0v) is 14.3. The molecule has 0 aliphatic carbocycles. The number of nitrogens with two attached hydrogens (primary N) is 1. The Morgan fingerprint density at radius 2 is 2.00 bits per heavy atom. The third kappa shape index (κ3) is 7.17. The number of thioether (sulfide) groups is 1. The van der Waals surface area contributed by atoms with Crippen molar-refractivity contribution in [2.45, 2.75) is 50.2 Å². The summed E-state index contributed by atoms with van der Waals surface area (Å²) in [6.07, 6.45) is 1.21. The van der Waals surface area contributed by atoms with E-state index < -0.39 is 0 Å². The number of carbonyl (C=O) groups excluding carboxylic acids is 1. The number of hydrogen-bond donors (Lipinski definition) is 2. The molecule has 3 nitrogen and oxygen atoms in total. The maximum Gasteiger partial charge on any atom is 0.224 e. The van der Waals surface area contributed by atoms with Crippen LogP contribution in [0.2, 0.25) is 0 Å². The van der Waals surface area contributed by atoms with Crippen LogP contribution in [-0.2, 0) is 4.79 Å². The minimum Gasteiger partial charge on any atom is -0.330 e. The molecular formula is C15H25ClN2OS. The average Bonchev–Trinajstić information content (AvgIpc) is 2.28. The maximum absolute atomic E-state index is 11.7. The van der Waals surface area contributed by atoms with Gasteiger partial charge in [-0.1, -0.05) is 20.8 Å². The van der Waals surface area contributed by atoms with Gasteiger partial charge in [0.2, 0.25) is 5.91 Å². The van der Waals surface area contributed by atoms with Crippen molar-refractivity contribution in [3.63, 3.8) is 0 Å². The Morgan fingerprint density at radius 1 is 1.35 bits per heavy atom. The molecule has 1 aromatic carbocycles. The van der Waals surface area contributed by atoms with Crippen molar-refractivity contribution in [2.24, 2.45) is 5.73 Å². The number of nitrogens with one attached hydrogen (secondary N) is 1. The van der Waals surface area contributed by atoms with Crippen molar-refractivity contribution >= 4 is 35.8 Å². The van der Waals surface area contributed by atoms with E-state index in [1.165, 1.54) is 4.90 Å². The first-order valence-electron chi connectivity index (χ1n) is 6.61. The zero-order valence-electron chi connectivity index (χ0n) is 12.7. The normalized spacial score (nSPS) is 10.8. The van der Waals surface area contributed by atoms with E-state index in [9.17, 15) is 4.79 Å². The highest BCUT2D eigenvalue weighted by Gasteiger charge is 2.13. The van der Waals surface area contributed by atoms with Crippen LogP contribution in [0.5, 0.6) is 0 Å². The van der Waals surface area contributed by atoms with Crippen LogP contribution in [0.25, 0.3) is 0 Å². The molecule has 1 rings (SSSR count). The van der Waals surface area contributed by atoms with Crippen LogP contribution in [-0.4, -0.2) is 17.2 Å². The van der Waals surface area contributed by atoms with Crippen molar-refractivity contribution < 1.29 is 4.79 Å². The lowest BCUT2D eigenvalue weighted by atomic mass is 10.2. The summed E-state index contributed by atoms with van der Waals surface area (Å²) in [7, 11) is 0. The molecule has 0 fully saturated rings. The van der Waals surface area contributed by atoms with E-state index in [1.54, 1.807) is 0 Å². The topological polar surface area (TPSA) is 55.1 Å². The summed E-state index contributed by atoms with van der Waals surface area (Å²) in [5, 5.41) is 2.93. The molecule has 1 aromatic rings. The molecule has 20 heavy (non-hydrogen) atoms. The highest BCUT2D eigenvalue weighted by atomic mass is 35.5. The van der Waals surface area contributed by atoms with Gasteiger partial charge in [-0.15, -0.1) is 24.2 Å². The van der Waals surface area contributed by atoms with Crippen LogP contribution in [0.1, 0.15) is 39.2 Å². The summed E-state index contributed by atoms with van der Waals surface area (Å²) in [5.41, 5.74) is 7.38. The number of amides is 1. The van der Waals surface area contributed by atoms with E-state index in [0.717, 1.165) is 17.7 Å². The molecular weight excluding hydrogens is 292 g/mol. The van der Waals surface area contributed by atoms with Crippen molar-refractivity contribution in [3.8, 4) is 0 Å². The molecule has 5 heteroatoms. The molecule has 0 spiro atoms. The van der Waals surface area contributed by atoms with Gasteiger partial charge in [0.25, 0.3) is 0 Å². The Morgan fingerprint density at radius 3 is 2.50 bits per heavy atom.